The molecule has 1 aliphatic rings. The zero-order chi connectivity index (χ0) is 15.2. The van der Waals surface area contributed by atoms with Gasteiger partial charge in [-0.25, -0.2) is 4.39 Å². The molecule has 0 spiro atoms. The molecule has 0 aromatic heterocycles. The number of benzene rings is 1. The molecule has 3 unspecified atom stereocenters. The topological polar surface area (TPSA) is 38.5 Å². The summed E-state index contributed by atoms with van der Waals surface area (Å²) in [4.78, 5) is 2.30. The first kappa shape index (κ1) is 16.4. The summed E-state index contributed by atoms with van der Waals surface area (Å²) >= 11 is 0. The van der Waals surface area contributed by atoms with Gasteiger partial charge in [0.25, 0.3) is 0 Å². The molecule has 0 saturated carbocycles. The Balaban J connectivity index is 2.22. The molecule has 2 rings (SSSR count). The molecule has 3 atom stereocenters. The van der Waals surface area contributed by atoms with Crippen LogP contribution < -0.4 is 5.73 Å². The van der Waals surface area contributed by atoms with E-state index in [1.807, 2.05) is 19.1 Å². The van der Waals surface area contributed by atoms with Crippen molar-refractivity contribution in [3.63, 3.8) is 0 Å². The molecule has 1 aromatic carbocycles. The molecule has 3 nitrogen and oxygen atoms in total. The van der Waals surface area contributed by atoms with Crippen molar-refractivity contribution in [2.45, 2.75) is 51.3 Å². The van der Waals surface area contributed by atoms with Crippen LogP contribution in [0.25, 0.3) is 0 Å². The number of nitrogens with two attached hydrogens (primary N) is 1. The summed E-state index contributed by atoms with van der Waals surface area (Å²) in [7, 11) is 0. The van der Waals surface area contributed by atoms with Crippen LogP contribution in [0.4, 0.5) is 4.39 Å². The van der Waals surface area contributed by atoms with Crippen LogP contribution >= 0.6 is 0 Å². The zero-order valence-corrected chi connectivity index (χ0v) is 13.1. The van der Waals surface area contributed by atoms with E-state index in [4.69, 9.17) is 10.5 Å². The van der Waals surface area contributed by atoms with E-state index in [-0.39, 0.29) is 24.0 Å². The SMILES string of the molecule is CCOC1CCCN(C(c2ccccc2F)C(N)CC)C1. The summed E-state index contributed by atoms with van der Waals surface area (Å²) < 4.78 is 20.0. The van der Waals surface area contributed by atoms with Gasteiger partial charge in [0.1, 0.15) is 5.82 Å². The monoisotopic (exact) mass is 294 g/mol. The average Bonchev–Trinajstić information content (AvgIpc) is 2.50. The van der Waals surface area contributed by atoms with Crippen molar-refractivity contribution < 1.29 is 9.13 Å². The maximum absolute atomic E-state index is 14.2. The molecule has 1 heterocycles. The van der Waals surface area contributed by atoms with Crippen LogP contribution in [-0.4, -0.2) is 36.7 Å². The summed E-state index contributed by atoms with van der Waals surface area (Å²) in [5.41, 5.74) is 7.03. The van der Waals surface area contributed by atoms with Crippen molar-refractivity contribution in [2.75, 3.05) is 19.7 Å². The van der Waals surface area contributed by atoms with Crippen LogP contribution in [0, 0.1) is 5.82 Å². The third-order valence-corrected chi connectivity index (χ3v) is 4.31. The van der Waals surface area contributed by atoms with E-state index in [1.54, 1.807) is 6.07 Å². The predicted octanol–water partition coefficient (Wildman–Crippen LogP) is 3.11. The van der Waals surface area contributed by atoms with Crippen molar-refractivity contribution in [1.82, 2.24) is 4.90 Å². The van der Waals surface area contributed by atoms with Gasteiger partial charge in [0.05, 0.1) is 12.1 Å². The number of nitrogens with zero attached hydrogens (tertiary/aromatic N) is 1. The quantitative estimate of drug-likeness (QED) is 0.876. The smallest absolute Gasteiger partial charge is 0.128 e. The van der Waals surface area contributed by atoms with Crippen molar-refractivity contribution in [2.24, 2.45) is 5.73 Å². The molecule has 1 saturated heterocycles. The summed E-state index contributed by atoms with van der Waals surface area (Å²) in [6.07, 6.45) is 3.22. The minimum absolute atomic E-state index is 0.0673. The van der Waals surface area contributed by atoms with Gasteiger partial charge in [-0.05, 0) is 38.8 Å². The van der Waals surface area contributed by atoms with E-state index in [0.717, 1.165) is 39.0 Å². The van der Waals surface area contributed by atoms with Crippen LogP contribution in [-0.2, 0) is 4.74 Å². The van der Waals surface area contributed by atoms with Crippen LogP contribution in [0.3, 0.4) is 0 Å². The Morgan fingerprint density at radius 2 is 2.14 bits per heavy atom. The minimum atomic E-state index is -0.162. The van der Waals surface area contributed by atoms with Crippen LogP contribution in [0.2, 0.25) is 0 Å². The molecular formula is C17H27FN2O. The van der Waals surface area contributed by atoms with E-state index in [1.165, 1.54) is 6.07 Å². The predicted molar refractivity (Wildman–Crippen MR) is 83.6 cm³/mol. The van der Waals surface area contributed by atoms with E-state index < -0.39 is 0 Å². The van der Waals surface area contributed by atoms with Gasteiger partial charge in [-0.15, -0.1) is 0 Å². The largest absolute Gasteiger partial charge is 0.377 e. The molecule has 1 aliphatic heterocycles. The van der Waals surface area contributed by atoms with Crippen LogP contribution in [0.1, 0.15) is 44.7 Å². The molecule has 0 aliphatic carbocycles. The molecule has 0 amide bonds. The summed E-state index contributed by atoms with van der Waals surface area (Å²) in [6, 6.07) is 6.86. The number of hydrogen-bond acceptors (Lipinski definition) is 3. The lowest BCUT2D eigenvalue weighted by atomic mass is 9.93. The number of piperidine rings is 1. The Morgan fingerprint density at radius 3 is 2.81 bits per heavy atom. The van der Waals surface area contributed by atoms with Gasteiger partial charge in [-0.2, -0.15) is 0 Å². The molecule has 21 heavy (non-hydrogen) atoms. The first-order valence-corrected chi connectivity index (χ1v) is 8.03. The molecule has 0 bridgehead atoms. The maximum Gasteiger partial charge on any atom is 0.128 e. The summed E-state index contributed by atoms with van der Waals surface area (Å²) in [5.74, 6) is -0.162. The molecule has 0 radical (unpaired) electrons. The Hall–Kier alpha value is -0.970. The van der Waals surface area contributed by atoms with Gasteiger partial charge in [0, 0.05) is 24.8 Å². The second-order valence-corrected chi connectivity index (χ2v) is 5.75. The Kier molecular flexibility index (Phi) is 6.15. The fourth-order valence-corrected chi connectivity index (χ4v) is 3.23. The highest BCUT2D eigenvalue weighted by molar-refractivity contribution is 5.23. The lowest BCUT2D eigenvalue weighted by Gasteiger charge is -2.40. The van der Waals surface area contributed by atoms with Gasteiger partial charge in [-0.3, -0.25) is 4.90 Å². The van der Waals surface area contributed by atoms with E-state index >= 15 is 0 Å². The Morgan fingerprint density at radius 1 is 1.38 bits per heavy atom. The molecule has 4 heteroatoms. The molecule has 1 fully saturated rings. The number of ether oxygens (including phenoxy) is 1. The first-order chi connectivity index (χ1) is 10.2. The number of hydrogen-bond donors (Lipinski definition) is 1. The van der Waals surface area contributed by atoms with Gasteiger partial charge < -0.3 is 10.5 Å². The second kappa shape index (κ2) is 7.87. The maximum atomic E-state index is 14.2. The molecule has 118 valence electrons. The average molecular weight is 294 g/mol. The van der Waals surface area contributed by atoms with Crippen molar-refractivity contribution in [3.8, 4) is 0 Å². The van der Waals surface area contributed by atoms with Crippen LogP contribution in [0.15, 0.2) is 24.3 Å². The van der Waals surface area contributed by atoms with Gasteiger partial charge in [0.15, 0.2) is 0 Å². The van der Waals surface area contributed by atoms with Crippen molar-refractivity contribution >= 4 is 0 Å². The Labute approximate surface area is 127 Å². The van der Waals surface area contributed by atoms with E-state index in [2.05, 4.69) is 11.8 Å². The fraction of sp³-hybridized carbons (Fsp3) is 0.647. The first-order valence-electron chi connectivity index (χ1n) is 8.03. The van der Waals surface area contributed by atoms with Gasteiger partial charge in [-0.1, -0.05) is 25.1 Å². The third-order valence-electron chi connectivity index (χ3n) is 4.31. The van der Waals surface area contributed by atoms with Gasteiger partial charge in [0.2, 0.25) is 0 Å². The summed E-state index contributed by atoms with van der Waals surface area (Å²) in [6.45, 7) is 6.59. The molecular weight excluding hydrogens is 267 g/mol. The minimum Gasteiger partial charge on any atom is -0.377 e. The van der Waals surface area contributed by atoms with E-state index in [0.29, 0.717) is 5.56 Å². The van der Waals surface area contributed by atoms with Crippen molar-refractivity contribution in [1.29, 1.82) is 0 Å². The highest BCUT2D eigenvalue weighted by Crippen LogP contribution is 2.30. The van der Waals surface area contributed by atoms with Crippen LogP contribution in [0.5, 0.6) is 0 Å². The standard InChI is InChI=1S/C17H27FN2O/c1-3-16(19)17(14-9-5-6-10-15(14)18)20-11-7-8-13(12-20)21-4-2/h5-6,9-10,13,16-17H,3-4,7-8,11-12,19H2,1-2H3. The highest BCUT2D eigenvalue weighted by Gasteiger charge is 2.31. The highest BCUT2D eigenvalue weighted by atomic mass is 19.1. The number of likely N-dealkylation sites (tertiary alicyclic amines) is 1. The normalized spacial score (nSPS) is 23.0. The zero-order valence-electron chi connectivity index (χ0n) is 13.1. The molecule has 1 aromatic rings. The second-order valence-electron chi connectivity index (χ2n) is 5.75. The lowest BCUT2D eigenvalue weighted by molar-refractivity contribution is -0.0121. The Bertz CT molecular complexity index is 439. The third kappa shape index (κ3) is 4.02. The van der Waals surface area contributed by atoms with Gasteiger partial charge >= 0.3 is 0 Å². The van der Waals surface area contributed by atoms with Crippen molar-refractivity contribution in [3.05, 3.63) is 35.6 Å². The fourth-order valence-electron chi connectivity index (χ4n) is 3.23. The number of halogens is 1. The number of rotatable bonds is 6. The summed E-state index contributed by atoms with van der Waals surface area (Å²) in [5, 5.41) is 0. The lowest BCUT2D eigenvalue weighted by Crippen LogP contribution is -2.47. The molecule has 2 N–H and O–H groups in total. The van der Waals surface area contributed by atoms with E-state index in [9.17, 15) is 4.39 Å².